The number of hydrogen-bond acceptors (Lipinski definition) is 6. The Hall–Kier alpha value is -3.42. The number of non-ortho nitro benzene ring substituents is 1. The summed E-state index contributed by atoms with van der Waals surface area (Å²) in [6.07, 6.45) is -0.815. The summed E-state index contributed by atoms with van der Waals surface area (Å²) in [4.78, 5) is 29.4. The van der Waals surface area contributed by atoms with E-state index in [0.717, 1.165) is 0 Å². The SMILES string of the molecule is CCOC(=O)Oc1cccc2[nH]c(-c3cccc([N+](=O)[O-])c3)nc12. The Balaban J connectivity index is 2.01. The van der Waals surface area contributed by atoms with Crippen LogP contribution >= 0.6 is 0 Å². The zero-order valence-corrected chi connectivity index (χ0v) is 12.7. The first-order valence-electron chi connectivity index (χ1n) is 7.16. The fourth-order valence-corrected chi connectivity index (χ4v) is 2.23. The van der Waals surface area contributed by atoms with Crippen LogP contribution in [0.5, 0.6) is 5.75 Å². The highest BCUT2D eigenvalue weighted by Gasteiger charge is 2.15. The predicted molar refractivity (Wildman–Crippen MR) is 85.8 cm³/mol. The second kappa shape index (κ2) is 6.37. The number of ether oxygens (including phenoxy) is 2. The number of nitro groups is 1. The first kappa shape index (κ1) is 15.5. The van der Waals surface area contributed by atoms with Crippen molar-refractivity contribution in [3.8, 4) is 17.1 Å². The first-order chi connectivity index (χ1) is 11.6. The van der Waals surface area contributed by atoms with Crippen LogP contribution < -0.4 is 4.74 Å². The molecule has 0 aliphatic rings. The minimum atomic E-state index is -0.815. The summed E-state index contributed by atoms with van der Waals surface area (Å²) in [5, 5.41) is 10.9. The Bertz CT molecular complexity index is 919. The smallest absolute Gasteiger partial charge is 0.434 e. The van der Waals surface area contributed by atoms with Crippen LogP contribution in [0.25, 0.3) is 22.4 Å². The molecule has 0 bridgehead atoms. The van der Waals surface area contributed by atoms with Crippen molar-refractivity contribution in [2.75, 3.05) is 6.61 Å². The van der Waals surface area contributed by atoms with E-state index in [0.29, 0.717) is 22.4 Å². The van der Waals surface area contributed by atoms with Crippen molar-refractivity contribution >= 4 is 22.9 Å². The number of carbonyl (C=O) groups excluding carboxylic acids is 1. The van der Waals surface area contributed by atoms with Gasteiger partial charge < -0.3 is 14.5 Å². The van der Waals surface area contributed by atoms with Gasteiger partial charge in [-0.25, -0.2) is 9.78 Å². The molecule has 0 unspecified atom stereocenters. The van der Waals surface area contributed by atoms with Crippen LogP contribution in [0, 0.1) is 10.1 Å². The minimum absolute atomic E-state index is 0.0315. The number of aromatic amines is 1. The topological polar surface area (TPSA) is 107 Å². The van der Waals surface area contributed by atoms with Crippen molar-refractivity contribution < 1.29 is 19.2 Å². The molecule has 0 radical (unpaired) electrons. The third-order valence-electron chi connectivity index (χ3n) is 3.26. The van der Waals surface area contributed by atoms with E-state index in [4.69, 9.17) is 9.47 Å². The van der Waals surface area contributed by atoms with Crippen LogP contribution in [0.1, 0.15) is 6.92 Å². The molecule has 8 nitrogen and oxygen atoms in total. The molecule has 2 aromatic carbocycles. The Kier molecular flexibility index (Phi) is 4.11. The lowest BCUT2D eigenvalue weighted by atomic mass is 10.2. The Morgan fingerprint density at radius 1 is 1.29 bits per heavy atom. The molecule has 1 heterocycles. The lowest BCUT2D eigenvalue weighted by molar-refractivity contribution is -0.384. The summed E-state index contributed by atoms with van der Waals surface area (Å²) >= 11 is 0. The van der Waals surface area contributed by atoms with Gasteiger partial charge in [-0.2, -0.15) is 0 Å². The molecule has 8 heteroatoms. The van der Waals surface area contributed by atoms with E-state index >= 15 is 0 Å². The van der Waals surface area contributed by atoms with Crippen LogP contribution in [0.2, 0.25) is 0 Å². The minimum Gasteiger partial charge on any atom is -0.434 e. The van der Waals surface area contributed by atoms with E-state index in [1.54, 1.807) is 37.3 Å². The summed E-state index contributed by atoms with van der Waals surface area (Å²) in [6, 6.07) is 11.2. The molecule has 1 aromatic heterocycles. The van der Waals surface area contributed by atoms with Crippen molar-refractivity contribution in [2.45, 2.75) is 6.92 Å². The highest BCUT2D eigenvalue weighted by atomic mass is 16.7. The van der Waals surface area contributed by atoms with E-state index in [1.807, 2.05) is 0 Å². The van der Waals surface area contributed by atoms with Gasteiger partial charge in [-0.1, -0.05) is 18.2 Å². The van der Waals surface area contributed by atoms with Gasteiger partial charge in [-0.15, -0.1) is 0 Å². The molecule has 0 aliphatic heterocycles. The Morgan fingerprint density at radius 2 is 2.08 bits per heavy atom. The molecule has 0 fully saturated rings. The number of imidazole rings is 1. The van der Waals surface area contributed by atoms with Crippen molar-refractivity contribution in [3.63, 3.8) is 0 Å². The second-order valence-corrected chi connectivity index (χ2v) is 4.83. The normalized spacial score (nSPS) is 10.5. The van der Waals surface area contributed by atoms with E-state index in [9.17, 15) is 14.9 Å². The van der Waals surface area contributed by atoms with E-state index in [1.165, 1.54) is 12.1 Å². The average Bonchev–Trinajstić information content (AvgIpc) is 3.00. The number of aromatic nitrogens is 2. The second-order valence-electron chi connectivity index (χ2n) is 4.83. The highest BCUT2D eigenvalue weighted by Crippen LogP contribution is 2.28. The molecule has 1 N–H and O–H groups in total. The van der Waals surface area contributed by atoms with Crippen molar-refractivity contribution in [3.05, 3.63) is 52.6 Å². The van der Waals surface area contributed by atoms with Gasteiger partial charge in [0, 0.05) is 17.7 Å². The number of carbonyl (C=O) groups is 1. The Labute approximate surface area is 136 Å². The molecule has 0 saturated carbocycles. The molecule has 0 spiro atoms. The van der Waals surface area contributed by atoms with Crippen LogP contribution in [-0.2, 0) is 4.74 Å². The number of nitrogens with one attached hydrogen (secondary N) is 1. The number of nitro benzene ring substituents is 1. The fourth-order valence-electron chi connectivity index (χ4n) is 2.23. The van der Waals surface area contributed by atoms with Gasteiger partial charge in [0.2, 0.25) is 0 Å². The number of benzene rings is 2. The number of para-hydroxylation sites is 1. The standard InChI is InChI=1S/C16H13N3O5/c1-2-23-16(20)24-13-8-4-7-12-14(13)18-15(17-12)10-5-3-6-11(9-10)19(21)22/h3-9H,2H2,1H3,(H,17,18). The molecule has 0 amide bonds. The monoisotopic (exact) mass is 327 g/mol. The average molecular weight is 327 g/mol. The molecular weight excluding hydrogens is 314 g/mol. The van der Waals surface area contributed by atoms with Crippen LogP contribution in [-0.4, -0.2) is 27.7 Å². The van der Waals surface area contributed by atoms with Gasteiger partial charge in [-0.05, 0) is 19.1 Å². The van der Waals surface area contributed by atoms with Gasteiger partial charge in [0.1, 0.15) is 11.3 Å². The summed E-state index contributed by atoms with van der Waals surface area (Å²) in [5.41, 5.74) is 1.60. The van der Waals surface area contributed by atoms with Gasteiger partial charge in [0.15, 0.2) is 5.75 Å². The number of fused-ring (bicyclic) bond motifs is 1. The van der Waals surface area contributed by atoms with Crippen molar-refractivity contribution in [1.82, 2.24) is 9.97 Å². The maximum atomic E-state index is 11.5. The van der Waals surface area contributed by atoms with Crippen LogP contribution in [0.3, 0.4) is 0 Å². The molecule has 0 saturated heterocycles. The van der Waals surface area contributed by atoms with Crippen LogP contribution in [0.4, 0.5) is 10.5 Å². The third kappa shape index (κ3) is 3.02. The number of nitrogens with zero attached hydrogens (tertiary/aromatic N) is 2. The van der Waals surface area contributed by atoms with E-state index in [-0.39, 0.29) is 18.0 Å². The maximum Gasteiger partial charge on any atom is 0.513 e. The molecular formula is C16H13N3O5. The van der Waals surface area contributed by atoms with Crippen molar-refractivity contribution in [2.24, 2.45) is 0 Å². The molecule has 3 aromatic rings. The molecule has 3 rings (SSSR count). The summed E-state index contributed by atoms with van der Waals surface area (Å²) in [5.74, 6) is 0.687. The fraction of sp³-hybridized carbons (Fsp3) is 0.125. The summed E-state index contributed by atoms with van der Waals surface area (Å²) in [7, 11) is 0. The van der Waals surface area contributed by atoms with E-state index in [2.05, 4.69) is 9.97 Å². The molecule has 0 aliphatic carbocycles. The zero-order valence-electron chi connectivity index (χ0n) is 12.7. The van der Waals surface area contributed by atoms with E-state index < -0.39 is 11.1 Å². The number of hydrogen-bond donors (Lipinski definition) is 1. The largest absolute Gasteiger partial charge is 0.513 e. The molecule has 24 heavy (non-hydrogen) atoms. The lowest BCUT2D eigenvalue weighted by Gasteiger charge is -2.03. The zero-order chi connectivity index (χ0) is 17.1. The maximum absolute atomic E-state index is 11.5. The van der Waals surface area contributed by atoms with Gasteiger partial charge in [0.05, 0.1) is 17.0 Å². The molecule has 0 atom stereocenters. The van der Waals surface area contributed by atoms with Gasteiger partial charge >= 0.3 is 6.16 Å². The number of H-pyrrole nitrogens is 1. The predicted octanol–water partition coefficient (Wildman–Crippen LogP) is 3.67. The van der Waals surface area contributed by atoms with Crippen LogP contribution in [0.15, 0.2) is 42.5 Å². The first-order valence-corrected chi connectivity index (χ1v) is 7.16. The number of rotatable bonds is 4. The van der Waals surface area contributed by atoms with Crippen molar-refractivity contribution in [1.29, 1.82) is 0 Å². The molecule has 122 valence electrons. The lowest BCUT2D eigenvalue weighted by Crippen LogP contribution is -2.10. The third-order valence-corrected chi connectivity index (χ3v) is 3.26. The van der Waals surface area contributed by atoms with Gasteiger partial charge in [-0.3, -0.25) is 10.1 Å². The quantitative estimate of drug-likeness (QED) is 0.339. The summed E-state index contributed by atoms with van der Waals surface area (Å²) < 4.78 is 9.88. The Morgan fingerprint density at radius 3 is 2.83 bits per heavy atom. The van der Waals surface area contributed by atoms with Gasteiger partial charge in [0.25, 0.3) is 5.69 Å². The highest BCUT2D eigenvalue weighted by molar-refractivity contribution is 5.86. The summed E-state index contributed by atoms with van der Waals surface area (Å²) in [6.45, 7) is 1.88.